The summed E-state index contributed by atoms with van der Waals surface area (Å²) in [5, 5.41) is 0. The van der Waals surface area contributed by atoms with Gasteiger partial charge in [0.1, 0.15) is 11.5 Å². The van der Waals surface area contributed by atoms with Crippen LogP contribution in [0.1, 0.15) is 0 Å². The number of para-hydroxylation sites is 2. The van der Waals surface area contributed by atoms with Crippen LogP contribution >= 0.6 is 25.3 Å². The standard InChI is InChI=1S/C14H15BO4S2/c20-13-7-3-1-5-11(13)16-9-18-15-19-10-17-12-6-2-4-8-14(12)21/h1-8,15,20-21H,9-10H2. The summed E-state index contributed by atoms with van der Waals surface area (Å²) in [5.74, 6) is 1.34. The number of hydrogen-bond acceptors (Lipinski definition) is 6. The Morgan fingerprint density at radius 1 is 0.714 bits per heavy atom. The summed E-state index contributed by atoms with van der Waals surface area (Å²) >= 11 is 8.53. The largest absolute Gasteiger partial charge is 0.468 e. The second-order valence-corrected chi connectivity index (χ2v) is 4.95. The third-order valence-electron chi connectivity index (χ3n) is 2.49. The van der Waals surface area contributed by atoms with E-state index in [1.165, 1.54) is 0 Å². The summed E-state index contributed by atoms with van der Waals surface area (Å²) in [7, 11) is 0.0729. The van der Waals surface area contributed by atoms with E-state index in [9.17, 15) is 0 Å². The molecular formula is C14H15BO4S2. The number of benzene rings is 2. The first-order chi connectivity index (χ1) is 10.3. The Hall–Kier alpha value is -1.28. The smallest absolute Gasteiger partial charge is 0.442 e. The van der Waals surface area contributed by atoms with Gasteiger partial charge in [0.25, 0.3) is 0 Å². The summed E-state index contributed by atoms with van der Waals surface area (Å²) < 4.78 is 21.1. The fourth-order valence-corrected chi connectivity index (χ4v) is 1.95. The second-order valence-electron chi connectivity index (χ2n) is 3.99. The van der Waals surface area contributed by atoms with Crippen molar-refractivity contribution >= 4 is 32.9 Å². The van der Waals surface area contributed by atoms with Gasteiger partial charge in [0.05, 0.1) is 0 Å². The minimum Gasteiger partial charge on any atom is -0.468 e. The summed E-state index contributed by atoms with van der Waals surface area (Å²) in [6.45, 7) is 0.168. The average molecular weight is 322 g/mol. The first kappa shape index (κ1) is 16.1. The van der Waals surface area contributed by atoms with Gasteiger partial charge in [0, 0.05) is 9.79 Å². The Labute approximate surface area is 135 Å². The molecule has 0 bridgehead atoms. The van der Waals surface area contributed by atoms with E-state index in [-0.39, 0.29) is 21.3 Å². The van der Waals surface area contributed by atoms with Crippen molar-refractivity contribution in [2.75, 3.05) is 13.6 Å². The molecule has 0 heterocycles. The minimum absolute atomic E-state index is 0.0729. The maximum Gasteiger partial charge on any atom is 0.442 e. The molecule has 0 amide bonds. The summed E-state index contributed by atoms with van der Waals surface area (Å²) in [5.41, 5.74) is 0. The molecule has 0 radical (unpaired) electrons. The lowest BCUT2D eigenvalue weighted by Crippen LogP contribution is -2.13. The van der Waals surface area contributed by atoms with Crippen LogP contribution in [0, 0.1) is 0 Å². The van der Waals surface area contributed by atoms with Gasteiger partial charge in [-0.1, -0.05) is 24.3 Å². The zero-order valence-corrected chi connectivity index (χ0v) is 13.1. The molecular weight excluding hydrogens is 307 g/mol. The maximum atomic E-state index is 5.39. The average Bonchev–Trinajstić information content (AvgIpc) is 2.50. The van der Waals surface area contributed by atoms with Gasteiger partial charge in [0.2, 0.25) is 0 Å². The predicted molar refractivity (Wildman–Crippen MR) is 87.7 cm³/mol. The van der Waals surface area contributed by atoms with Crippen LogP contribution in [0.5, 0.6) is 11.5 Å². The van der Waals surface area contributed by atoms with Crippen LogP contribution in [0.2, 0.25) is 0 Å². The Morgan fingerprint density at radius 2 is 1.14 bits per heavy atom. The monoisotopic (exact) mass is 322 g/mol. The summed E-state index contributed by atoms with van der Waals surface area (Å²) in [6.07, 6.45) is 0. The van der Waals surface area contributed by atoms with Crippen molar-refractivity contribution in [2.45, 2.75) is 9.79 Å². The van der Waals surface area contributed by atoms with Gasteiger partial charge >= 0.3 is 7.69 Å². The first-order valence-electron chi connectivity index (χ1n) is 6.24. The van der Waals surface area contributed by atoms with E-state index in [4.69, 9.17) is 18.8 Å². The normalized spacial score (nSPS) is 10.2. The Bertz CT molecular complexity index is 519. The Balaban J connectivity index is 1.57. The highest BCUT2D eigenvalue weighted by Crippen LogP contribution is 2.21. The van der Waals surface area contributed by atoms with Crippen LogP contribution < -0.4 is 9.47 Å². The lowest BCUT2D eigenvalue weighted by molar-refractivity contribution is 0.0582. The van der Waals surface area contributed by atoms with Gasteiger partial charge in [-0.3, -0.25) is 0 Å². The molecule has 0 aliphatic carbocycles. The van der Waals surface area contributed by atoms with E-state index in [0.717, 1.165) is 9.79 Å². The van der Waals surface area contributed by atoms with Gasteiger partial charge in [-0.25, -0.2) is 0 Å². The quantitative estimate of drug-likeness (QED) is 0.339. The molecule has 7 heteroatoms. The molecule has 0 aliphatic heterocycles. The van der Waals surface area contributed by atoms with Crippen LogP contribution in [0.4, 0.5) is 0 Å². The SMILES string of the molecule is Sc1ccccc1OCOBOCOc1ccccc1S. The zero-order valence-electron chi connectivity index (χ0n) is 11.3. The summed E-state index contributed by atoms with van der Waals surface area (Å²) in [6, 6.07) is 14.8. The number of ether oxygens (including phenoxy) is 2. The van der Waals surface area contributed by atoms with Crippen molar-refractivity contribution in [1.82, 2.24) is 0 Å². The third-order valence-corrected chi connectivity index (χ3v) is 3.23. The highest BCUT2D eigenvalue weighted by Gasteiger charge is 2.00. The molecule has 0 saturated heterocycles. The molecule has 2 aromatic rings. The Morgan fingerprint density at radius 3 is 1.57 bits per heavy atom. The van der Waals surface area contributed by atoms with Crippen molar-refractivity contribution in [2.24, 2.45) is 0 Å². The molecule has 21 heavy (non-hydrogen) atoms. The van der Waals surface area contributed by atoms with Crippen molar-refractivity contribution in [3.63, 3.8) is 0 Å². The number of hydrogen-bond donors (Lipinski definition) is 2. The van der Waals surface area contributed by atoms with E-state index in [1.54, 1.807) is 0 Å². The van der Waals surface area contributed by atoms with E-state index in [2.05, 4.69) is 25.3 Å². The Kier molecular flexibility index (Phi) is 6.82. The number of thiol groups is 2. The molecule has 0 fully saturated rings. The van der Waals surface area contributed by atoms with Crippen LogP contribution in [-0.4, -0.2) is 21.3 Å². The van der Waals surface area contributed by atoms with Crippen molar-refractivity contribution < 1.29 is 18.8 Å². The topological polar surface area (TPSA) is 36.9 Å². The van der Waals surface area contributed by atoms with Gasteiger partial charge in [-0.2, -0.15) is 0 Å². The molecule has 0 spiro atoms. The molecule has 110 valence electrons. The molecule has 0 atom stereocenters. The van der Waals surface area contributed by atoms with Gasteiger partial charge < -0.3 is 18.8 Å². The second kappa shape index (κ2) is 8.89. The first-order valence-corrected chi connectivity index (χ1v) is 7.14. The van der Waals surface area contributed by atoms with Crippen LogP contribution in [0.15, 0.2) is 58.3 Å². The van der Waals surface area contributed by atoms with Crippen molar-refractivity contribution in [3.05, 3.63) is 48.5 Å². The third kappa shape index (κ3) is 5.55. The number of rotatable bonds is 8. The fraction of sp³-hybridized carbons (Fsp3) is 0.143. The summed E-state index contributed by atoms with van der Waals surface area (Å²) in [4.78, 5) is 1.52. The lowest BCUT2D eigenvalue weighted by Gasteiger charge is -2.10. The lowest BCUT2D eigenvalue weighted by atomic mass is 10.3. The van der Waals surface area contributed by atoms with E-state index in [1.807, 2.05) is 48.5 Å². The van der Waals surface area contributed by atoms with E-state index in [0.29, 0.717) is 11.5 Å². The van der Waals surface area contributed by atoms with Crippen LogP contribution in [0.25, 0.3) is 0 Å². The minimum atomic E-state index is 0.0729. The van der Waals surface area contributed by atoms with E-state index < -0.39 is 0 Å². The molecule has 0 saturated carbocycles. The molecule has 2 aromatic carbocycles. The van der Waals surface area contributed by atoms with E-state index >= 15 is 0 Å². The molecule has 0 N–H and O–H groups in total. The van der Waals surface area contributed by atoms with Crippen LogP contribution in [0.3, 0.4) is 0 Å². The fourth-order valence-electron chi connectivity index (χ4n) is 1.50. The molecule has 2 rings (SSSR count). The van der Waals surface area contributed by atoms with Gasteiger partial charge in [-0.15, -0.1) is 25.3 Å². The molecule has 0 aromatic heterocycles. The zero-order chi connectivity index (χ0) is 14.9. The maximum absolute atomic E-state index is 5.39. The molecule has 0 unspecified atom stereocenters. The highest BCUT2D eigenvalue weighted by atomic mass is 32.1. The van der Waals surface area contributed by atoms with Crippen molar-refractivity contribution in [1.29, 1.82) is 0 Å². The highest BCUT2D eigenvalue weighted by molar-refractivity contribution is 7.80. The van der Waals surface area contributed by atoms with Gasteiger partial charge in [-0.05, 0) is 24.3 Å². The molecule has 4 nitrogen and oxygen atoms in total. The van der Waals surface area contributed by atoms with Crippen LogP contribution in [-0.2, 0) is 9.31 Å². The molecule has 0 aliphatic rings. The predicted octanol–water partition coefficient (Wildman–Crippen LogP) is 2.94. The van der Waals surface area contributed by atoms with Gasteiger partial charge in [0.15, 0.2) is 13.6 Å². The van der Waals surface area contributed by atoms with Crippen molar-refractivity contribution in [3.8, 4) is 11.5 Å².